The van der Waals surface area contributed by atoms with Crippen LogP contribution in [-0.2, 0) is 4.79 Å². The molecule has 9 heteroatoms. The number of anilines is 1. The number of ether oxygens (including phenoxy) is 2. The molecule has 7 nitrogen and oxygen atoms in total. The van der Waals surface area contributed by atoms with Crippen molar-refractivity contribution < 1.29 is 24.2 Å². The molecule has 0 bridgehead atoms. The van der Waals surface area contributed by atoms with Gasteiger partial charge in [-0.3, -0.25) is 14.5 Å². The Kier molecular flexibility index (Phi) is 7.05. The van der Waals surface area contributed by atoms with Gasteiger partial charge in [0, 0.05) is 0 Å². The lowest BCUT2D eigenvalue weighted by molar-refractivity contribution is -0.117. The maximum atomic E-state index is 13.6. The molecule has 38 heavy (non-hydrogen) atoms. The van der Waals surface area contributed by atoms with Crippen LogP contribution in [-0.4, -0.2) is 35.0 Å². The lowest BCUT2D eigenvalue weighted by Gasteiger charge is -2.25. The third kappa shape index (κ3) is 4.48. The number of thiazole rings is 1. The van der Waals surface area contributed by atoms with E-state index in [9.17, 15) is 14.7 Å². The zero-order chi connectivity index (χ0) is 27.0. The van der Waals surface area contributed by atoms with Crippen LogP contribution in [0.15, 0.2) is 71.8 Å². The van der Waals surface area contributed by atoms with Gasteiger partial charge in [-0.15, -0.1) is 11.3 Å². The number of aryl methyl sites for hydroxylation is 2. The molecular weight excluding hydrogens is 520 g/mol. The molecule has 1 amide bonds. The summed E-state index contributed by atoms with van der Waals surface area (Å²) in [6.45, 7) is 10.2. The van der Waals surface area contributed by atoms with Crippen LogP contribution in [0.5, 0.6) is 11.5 Å². The first-order valence-electron chi connectivity index (χ1n) is 12.1. The van der Waals surface area contributed by atoms with E-state index in [0.29, 0.717) is 40.3 Å². The van der Waals surface area contributed by atoms with Crippen LogP contribution in [0.3, 0.4) is 0 Å². The van der Waals surface area contributed by atoms with Crippen molar-refractivity contribution in [3.63, 3.8) is 0 Å². The standard InChI is InChI=1S/C29H26N2O5S2/c1-5-11-36-19-10-9-18(15-20(19)35-6-2)25-23(26(32)21-8-7-12-37-21)27(33)28(34)31(25)29-30-24-17(4)13-16(3)14-22(24)38-29/h5,7-10,12-15,25,33H,1,6,11H2,2-4H3. The molecule has 0 saturated carbocycles. The number of amides is 1. The Hall–Kier alpha value is -3.95. The third-order valence-corrected chi connectivity index (χ3v) is 8.03. The predicted octanol–water partition coefficient (Wildman–Crippen LogP) is 6.72. The molecule has 0 saturated heterocycles. The molecule has 1 atom stereocenters. The molecule has 194 valence electrons. The summed E-state index contributed by atoms with van der Waals surface area (Å²) in [6.07, 6.45) is 1.64. The molecule has 2 aromatic heterocycles. The molecule has 1 N–H and O–H groups in total. The molecule has 1 aliphatic heterocycles. The Morgan fingerprint density at radius 2 is 2.00 bits per heavy atom. The summed E-state index contributed by atoms with van der Waals surface area (Å²) in [5.74, 6) is -0.684. The summed E-state index contributed by atoms with van der Waals surface area (Å²) < 4.78 is 12.5. The number of rotatable bonds is 9. The van der Waals surface area contributed by atoms with Crippen molar-refractivity contribution in [1.82, 2.24) is 4.98 Å². The number of ketones is 1. The molecule has 4 aromatic rings. The number of aliphatic hydroxyl groups excluding tert-OH is 1. The monoisotopic (exact) mass is 546 g/mol. The Balaban J connectivity index is 1.69. The molecular formula is C29H26N2O5S2. The maximum absolute atomic E-state index is 13.6. The number of fused-ring (bicyclic) bond motifs is 1. The molecule has 3 heterocycles. The third-order valence-electron chi connectivity index (χ3n) is 6.16. The Labute approximate surface area is 228 Å². The minimum Gasteiger partial charge on any atom is -0.503 e. The molecule has 0 radical (unpaired) electrons. The number of Topliss-reactive ketones (excluding diaryl/α,β-unsaturated/α-hetero) is 1. The first kappa shape index (κ1) is 25.7. The quantitative estimate of drug-likeness (QED) is 0.185. The number of thiophene rings is 1. The Bertz CT molecular complexity index is 1590. The van der Waals surface area contributed by atoms with Crippen molar-refractivity contribution in [1.29, 1.82) is 0 Å². The van der Waals surface area contributed by atoms with E-state index in [2.05, 4.69) is 6.58 Å². The number of aliphatic hydroxyl groups is 1. The van der Waals surface area contributed by atoms with E-state index < -0.39 is 23.5 Å². The van der Waals surface area contributed by atoms with E-state index in [1.165, 1.54) is 27.6 Å². The van der Waals surface area contributed by atoms with E-state index >= 15 is 0 Å². The minimum atomic E-state index is -0.910. The van der Waals surface area contributed by atoms with Gasteiger partial charge in [-0.05, 0) is 67.1 Å². The first-order valence-corrected chi connectivity index (χ1v) is 13.8. The fourth-order valence-corrected chi connectivity index (χ4v) is 6.43. The summed E-state index contributed by atoms with van der Waals surface area (Å²) >= 11 is 2.60. The van der Waals surface area contributed by atoms with Crippen molar-refractivity contribution in [2.45, 2.75) is 26.8 Å². The molecule has 0 aliphatic carbocycles. The second kappa shape index (κ2) is 10.4. The molecule has 1 aliphatic rings. The number of hydrogen-bond donors (Lipinski definition) is 1. The van der Waals surface area contributed by atoms with Gasteiger partial charge in [0.15, 0.2) is 22.4 Å². The van der Waals surface area contributed by atoms with Crippen LogP contribution < -0.4 is 14.4 Å². The Morgan fingerprint density at radius 3 is 2.71 bits per heavy atom. The van der Waals surface area contributed by atoms with Crippen molar-refractivity contribution in [3.05, 3.63) is 93.4 Å². The number of hydrogen-bond acceptors (Lipinski definition) is 8. The van der Waals surface area contributed by atoms with Crippen molar-refractivity contribution in [3.8, 4) is 11.5 Å². The van der Waals surface area contributed by atoms with E-state index in [4.69, 9.17) is 14.5 Å². The zero-order valence-electron chi connectivity index (χ0n) is 21.2. The van der Waals surface area contributed by atoms with Gasteiger partial charge in [-0.2, -0.15) is 0 Å². The summed E-state index contributed by atoms with van der Waals surface area (Å²) in [5.41, 5.74) is 3.44. The molecule has 0 spiro atoms. The smallest absolute Gasteiger partial charge is 0.296 e. The van der Waals surface area contributed by atoms with E-state index in [1.807, 2.05) is 32.9 Å². The molecule has 0 fully saturated rings. The van der Waals surface area contributed by atoms with E-state index in [0.717, 1.165) is 21.3 Å². The minimum absolute atomic E-state index is 0.00631. The van der Waals surface area contributed by atoms with Crippen LogP contribution >= 0.6 is 22.7 Å². The highest BCUT2D eigenvalue weighted by atomic mass is 32.1. The van der Waals surface area contributed by atoms with E-state index in [-0.39, 0.29) is 5.57 Å². The van der Waals surface area contributed by atoms with Gasteiger partial charge in [-0.25, -0.2) is 4.98 Å². The Morgan fingerprint density at radius 1 is 1.18 bits per heavy atom. The average molecular weight is 547 g/mol. The fraction of sp³-hybridized carbons (Fsp3) is 0.207. The summed E-state index contributed by atoms with van der Waals surface area (Å²) in [6, 6.07) is 11.8. The van der Waals surface area contributed by atoms with Crippen LogP contribution in [0.25, 0.3) is 10.2 Å². The number of carbonyl (C=O) groups is 2. The van der Waals surface area contributed by atoms with Crippen molar-refractivity contribution in [2.24, 2.45) is 0 Å². The van der Waals surface area contributed by atoms with Crippen molar-refractivity contribution in [2.75, 3.05) is 18.1 Å². The number of nitrogens with zero attached hydrogens (tertiary/aromatic N) is 2. The second-order valence-electron chi connectivity index (χ2n) is 8.81. The summed E-state index contributed by atoms with van der Waals surface area (Å²) in [4.78, 5) is 33.9. The predicted molar refractivity (Wildman–Crippen MR) is 151 cm³/mol. The highest BCUT2D eigenvalue weighted by molar-refractivity contribution is 7.22. The highest BCUT2D eigenvalue weighted by Crippen LogP contribution is 2.46. The first-order chi connectivity index (χ1) is 18.3. The van der Waals surface area contributed by atoms with Gasteiger partial charge >= 0.3 is 0 Å². The van der Waals surface area contributed by atoms with Gasteiger partial charge in [0.05, 0.1) is 33.3 Å². The van der Waals surface area contributed by atoms with Gasteiger partial charge < -0.3 is 14.6 Å². The van der Waals surface area contributed by atoms with Gasteiger partial charge in [-0.1, -0.05) is 42.2 Å². The van der Waals surface area contributed by atoms with Gasteiger partial charge in [0.2, 0.25) is 5.78 Å². The SMILES string of the molecule is C=CCOc1ccc(C2C(C(=O)c3cccs3)=C(O)C(=O)N2c2nc3c(C)cc(C)cc3s2)cc1OCC. The van der Waals surface area contributed by atoms with Gasteiger partial charge in [0.25, 0.3) is 5.91 Å². The fourth-order valence-electron chi connectivity index (χ4n) is 4.58. The summed E-state index contributed by atoms with van der Waals surface area (Å²) in [5, 5.41) is 13.3. The maximum Gasteiger partial charge on any atom is 0.296 e. The number of aromatic nitrogens is 1. The van der Waals surface area contributed by atoms with Crippen LogP contribution in [0, 0.1) is 13.8 Å². The number of carbonyl (C=O) groups excluding carboxylic acids is 2. The van der Waals surface area contributed by atoms with E-state index in [1.54, 1.807) is 41.8 Å². The average Bonchev–Trinajstić information content (AvgIpc) is 3.62. The largest absolute Gasteiger partial charge is 0.503 e. The summed E-state index contributed by atoms with van der Waals surface area (Å²) in [7, 11) is 0. The van der Waals surface area contributed by atoms with Crippen LogP contribution in [0.1, 0.15) is 39.3 Å². The highest BCUT2D eigenvalue weighted by Gasteiger charge is 2.46. The lowest BCUT2D eigenvalue weighted by atomic mass is 9.95. The molecule has 2 aromatic carbocycles. The number of benzene rings is 2. The normalized spacial score (nSPS) is 15.4. The van der Waals surface area contributed by atoms with Crippen LogP contribution in [0.2, 0.25) is 0 Å². The van der Waals surface area contributed by atoms with Crippen LogP contribution in [0.4, 0.5) is 5.13 Å². The molecule has 1 unspecified atom stereocenters. The second-order valence-corrected chi connectivity index (χ2v) is 10.8. The molecule has 5 rings (SSSR count). The zero-order valence-corrected chi connectivity index (χ0v) is 22.8. The van der Waals surface area contributed by atoms with Gasteiger partial charge in [0.1, 0.15) is 6.61 Å². The van der Waals surface area contributed by atoms with Crippen molar-refractivity contribution >= 4 is 49.7 Å². The lowest BCUT2D eigenvalue weighted by Crippen LogP contribution is -2.31. The topological polar surface area (TPSA) is 89.0 Å².